The molecule has 0 spiro atoms. The third-order valence-corrected chi connectivity index (χ3v) is 4.61. The maximum absolute atomic E-state index is 5.51. The topological polar surface area (TPSA) is 3.24 Å². The standard InChI is InChI=1S/C17H15NS/c19-17-9-4-10-18(17)16-8-3-7-14-13-6-2-1-5-12(13)11-15(14)16/h1-3,5-8H,4,9-11H2. The molecule has 1 saturated heterocycles. The molecule has 1 nitrogen and oxygen atoms in total. The molecule has 0 saturated carbocycles. The average molecular weight is 265 g/mol. The van der Waals surface area contributed by atoms with Crippen molar-refractivity contribution in [2.45, 2.75) is 19.3 Å². The Bertz CT molecular complexity index is 675. The molecule has 2 aromatic rings. The highest BCUT2D eigenvalue weighted by atomic mass is 32.1. The van der Waals surface area contributed by atoms with E-state index in [2.05, 4.69) is 47.4 Å². The number of benzene rings is 2. The molecule has 1 aliphatic carbocycles. The lowest BCUT2D eigenvalue weighted by Crippen LogP contribution is -2.23. The van der Waals surface area contributed by atoms with Crippen molar-refractivity contribution >= 4 is 22.9 Å². The molecule has 2 heteroatoms. The molecule has 1 aliphatic heterocycles. The van der Waals surface area contributed by atoms with Gasteiger partial charge in [0.15, 0.2) is 0 Å². The molecule has 4 rings (SSSR count). The molecule has 0 atom stereocenters. The summed E-state index contributed by atoms with van der Waals surface area (Å²) in [6.45, 7) is 1.08. The van der Waals surface area contributed by atoms with E-state index in [1.807, 2.05) is 0 Å². The van der Waals surface area contributed by atoms with Crippen molar-refractivity contribution in [3.05, 3.63) is 53.6 Å². The van der Waals surface area contributed by atoms with E-state index < -0.39 is 0 Å². The Morgan fingerprint density at radius 1 is 0.947 bits per heavy atom. The van der Waals surface area contributed by atoms with Gasteiger partial charge in [-0.05, 0) is 41.2 Å². The van der Waals surface area contributed by atoms with Crippen LogP contribution in [-0.4, -0.2) is 11.5 Å². The molecule has 0 radical (unpaired) electrons. The highest BCUT2D eigenvalue weighted by molar-refractivity contribution is 7.80. The number of thiocarbonyl (C=S) groups is 1. The Labute approximate surface area is 118 Å². The molecule has 1 fully saturated rings. The van der Waals surface area contributed by atoms with Gasteiger partial charge in [-0.25, -0.2) is 0 Å². The Balaban J connectivity index is 1.87. The molecule has 1 heterocycles. The van der Waals surface area contributed by atoms with E-state index in [0.29, 0.717) is 0 Å². The predicted octanol–water partition coefficient (Wildman–Crippen LogP) is 4.19. The summed E-state index contributed by atoms with van der Waals surface area (Å²) >= 11 is 5.51. The molecule has 94 valence electrons. The van der Waals surface area contributed by atoms with Crippen LogP contribution in [0.15, 0.2) is 42.5 Å². The largest absolute Gasteiger partial charge is 0.336 e. The van der Waals surface area contributed by atoms with Gasteiger partial charge in [0, 0.05) is 18.7 Å². The van der Waals surface area contributed by atoms with E-state index in [1.165, 1.54) is 34.4 Å². The van der Waals surface area contributed by atoms with E-state index in [0.717, 1.165) is 24.4 Å². The fourth-order valence-corrected chi connectivity index (χ4v) is 3.63. The van der Waals surface area contributed by atoms with Crippen molar-refractivity contribution in [2.24, 2.45) is 0 Å². The van der Waals surface area contributed by atoms with E-state index in [-0.39, 0.29) is 0 Å². The molecule has 2 aliphatic rings. The molecule has 2 aromatic carbocycles. The van der Waals surface area contributed by atoms with Gasteiger partial charge in [0.2, 0.25) is 0 Å². The molecular weight excluding hydrogens is 250 g/mol. The summed E-state index contributed by atoms with van der Waals surface area (Å²) < 4.78 is 0. The molecule has 19 heavy (non-hydrogen) atoms. The highest BCUT2D eigenvalue weighted by Crippen LogP contribution is 2.42. The van der Waals surface area contributed by atoms with Gasteiger partial charge in [0.05, 0.1) is 4.99 Å². The summed E-state index contributed by atoms with van der Waals surface area (Å²) in [5.74, 6) is 0. The fraction of sp³-hybridized carbons (Fsp3) is 0.235. The van der Waals surface area contributed by atoms with Gasteiger partial charge >= 0.3 is 0 Å². The van der Waals surface area contributed by atoms with Crippen LogP contribution in [0.2, 0.25) is 0 Å². The minimum Gasteiger partial charge on any atom is -0.336 e. The van der Waals surface area contributed by atoms with Crippen molar-refractivity contribution in [2.75, 3.05) is 11.4 Å². The van der Waals surface area contributed by atoms with E-state index in [1.54, 1.807) is 0 Å². The number of anilines is 1. The minimum absolute atomic E-state index is 1.04. The van der Waals surface area contributed by atoms with Crippen molar-refractivity contribution in [1.82, 2.24) is 0 Å². The summed E-state index contributed by atoms with van der Waals surface area (Å²) in [6.07, 6.45) is 3.29. The minimum atomic E-state index is 1.04. The lowest BCUT2D eigenvalue weighted by molar-refractivity contribution is 0.952. The summed E-state index contributed by atoms with van der Waals surface area (Å²) in [5.41, 5.74) is 7.01. The van der Waals surface area contributed by atoms with Crippen LogP contribution in [0.25, 0.3) is 11.1 Å². The lowest BCUT2D eigenvalue weighted by Gasteiger charge is -2.21. The number of hydrogen-bond acceptors (Lipinski definition) is 1. The SMILES string of the molecule is S=C1CCCN1c1cccc2c1Cc1ccccc1-2. The molecule has 0 bridgehead atoms. The first-order valence-corrected chi connectivity index (χ1v) is 7.26. The molecule has 0 unspecified atom stereocenters. The van der Waals surface area contributed by atoms with Crippen molar-refractivity contribution < 1.29 is 0 Å². The predicted molar refractivity (Wildman–Crippen MR) is 83.9 cm³/mol. The normalized spacial score (nSPS) is 16.6. The zero-order valence-electron chi connectivity index (χ0n) is 10.7. The van der Waals surface area contributed by atoms with Crippen LogP contribution in [0.4, 0.5) is 5.69 Å². The monoisotopic (exact) mass is 265 g/mol. The third kappa shape index (κ3) is 1.63. The van der Waals surface area contributed by atoms with Crippen LogP contribution in [0.5, 0.6) is 0 Å². The Morgan fingerprint density at radius 3 is 2.63 bits per heavy atom. The second-order valence-corrected chi connectivity index (χ2v) is 5.76. The Hall–Kier alpha value is -1.67. The lowest BCUT2D eigenvalue weighted by atomic mass is 10.0. The highest BCUT2D eigenvalue weighted by Gasteiger charge is 2.26. The maximum Gasteiger partial charge on any atom is 0.0824 e. The Kier molecular flexibility index (Phi) is 2.46. The van der Waals surface area contributed by atoms with Crippen LogP contribution in [-0.2, 0) is 6.42 Å². The van der Waals surface area contributed by atoms with Gasteiger partial charge in [-0.3, -0.25) is 0 Å². The maximum atomic E-state index is 5.51. The first-order valence-electron chi connectivity index (χ1n) is 6.85. The van der Waals surface area contributed by atoms with Gasteiger partial charge < -0.3 is 4.90 Å². The van der Waals surface area contributed by atoms with Gasteiger partial charge in [-0.2, -0.15) is 0 Å². The van der Waals surface area contributed by atoms with Crippen LogP contribution < -0.4 is 4.90 Å². The quantitative estimate of drug-likeness (QED) is 0.607. The molecule has 0 aromatic heterocycles. The van der Waals surface area contributed by atoms with Gasteiger partial charge in [-0.15, -0.1) is 0 Å². The number of hydrogen-bond donors (Lipinski definition) is 0. The number of rotatable bonds is 1. The average Bonchev–Trinajstić information content (AvgIpc) is 3.02. The zero-order chi connectivity index (χ0) is 12.8. The van der Waals surface area contributed by atoms with Gasteiger partial charge in [0.1, 0.15) is 0 Å². The molecular formula is C17H15NS. The van der Waals surface area contributed by atoms with Crippen molar-refractivity contribution in [3.63, 3.8) is 0 Å². The number of nitrogens with zero attached hydrogens (tertiary/aromatic N) is 1. The second kappa shape index (κ2) is 4.17. The van der Waals surface area contributed by atoms with E-state index in [9.17, 15) is 0 Å². The fourth-order valence-electron chi connectivity index (χ4n) is 3.30. The van der Waals surface area contributed by atoms with E-state index in [4.69, 9.17) is 12.2 Å². The molecule has 0 N–H and O–H groups in total. The van der Waals surface area contributed by atoms with E-state index >= 15 is 0 Å². The summed E-state index contributed by atoms with van der Waals surface area (Å²) in [7, 11) is 0. The van der Waals surface area contributed by atoms with Gasteiger partial charge in [-0.1, -0.05) is 48.6 Å². The zero-order valence-corrected chi connectivity index (χ0v) is 11.5. The summed E-state index contributed by atoms with van der Waals surface area (Å²) in [6, 6.07) is 15.4. The molecule has 0 amide bonds. The van der Waals surface area contributed by atoms with Crippen LogP contribution in [0, 0.1) is 0 Å². The third-order valence-electron chi connectivity index (χ3n) is 4.19. The van der Waals surface area contributed by atoms with Crippen molar-refractivity contribution in [1.29, 1.82) is 0 Å². The Morgan fingerprint density at radius 2 is 1.79 bits per heavy atom. The summed E-state index contributed by atoms with van der Waals surface area (Å²) in [5, 5.41) is 0. The first-order chi connectivity index (χ1) is 9.34. The van der Waals surface area contributed by atoms with Crippen LogP contribution >= 0.6 is 12.2 Å². The van der Waals surface area contributed by atoms with Crippen LogP contribution in [0.1, 0.15) is 24.0 Å². The van der Waals surface area contributed by atoms with Gasteiger partial charge in [0.25, 0.3) is 0 Å². The smallest absolute Gasteiger partial charge is 0.0824 e. The first kappa shape index (κ1) is 11.2. The second-order valence-electron chi connectivity index (χ2n) is 5.29. The van der Waals surface area contributed by atoms with Crippen LogP contribution in [0.3, 0.4) is 0 Å². The number of fused-ring (bicyclic) bond motifs is 3. The summed E-state index contributed by atoms with van der Waals surface area (Å²) in [4.78, 5) is 3.43. The van der Waals surface area contributed by atoms with Crippen molar-refractivity contribution in [3.8, 4) is 11.1 Å².